The van der Waals surface area contributed by atoms with Crippen LogP contribution in [0.4, 0.5) is 10.1 Å². The van der Waals surface area contributed by atoms with E-state index in [-0.39, 0.29) is 28.0 Å². The molecule has 1 atom stereocenters. The van der Waals surface area contributed by atoms with Gasteiger partial charge in [0.25, 0.3) is 5.91 Å². The number of phenols is 1. The number of hydrogen-bond acceptors (Lipinski definition) is 4. The van der Waals surface area contributed by atoms with Crippen LogP contribution in [0.15, 0.2) is 75.9 Å². The van der Waals surface area contributed by atoms with Crippen molar-refractivity contribution >= 4 is 34.2 Å². The van der Waals surface area contributed by atoms with Crippen LogP contribution in [0.3, 0.4) is 0 Å². The molecule has 0 fully saturated rings. The SMILES string of the molecule is O=C1c2oc3ccc(F)cc3c(=O)c2C(c2ccc(O)cc2)N1c1cccc(Cl)c1. The second kappa shape index (κ2) is 6.71. The number of carbonyl (C=O) groups excluding carboxylic acids is 1. The van der Waals surface area contributed by atoms with E-state index in [1.165, 1.54) is 29.2 Å². The Morgan fingerprint density at radius 2 is 1.77 bits per heavy atom. The van der Waals surface area contributed by atoms with Crippen LogP contribution >= 0.6 is 11.6 Å². The highest BCUT2D eigenvalue weighted by Crippen LogP contribution is 2.42. The van der Waals surface area contributed by atoms with Crippen LogP contribution in [0, 0.1) is 5.82 Å². The van der Waals surface area contributed by atoms with Gasteiger partial charge in [-0.2, -0.15) is 0 Å². The summed E-state index contributed by atoms with van der Waals surface area (Å²) in [7, 11) is 0. The number of anilines is 1. The van der Waals surface area contributed by atoms with E-state index in [4.69, 9.17) is 16.0 Å². The predicted octanol–water partition coefficient (Wildman–Crippen LogP) is 5.04. The van der Waals surface area contributed by atoms with Crippen molar-refractivity contribution in [2.75, 3.05) is 4.90 Å². The van der Waals surface area contributed by atoms with Crippen LogP contribution in [0.2, 0.25) is 5.02 Å². The van der Waals surface area contributed by atoms with Crippen molar-refractivity contribution in [2.24, 2.45) is 0 Å². The number of hydrogen-bond donors (Lipinski definition) is 1. The minimum atomic E-state index is -0.824. The molecule has 3 aromatic carbocycles. The molecule has 1 aliphatic heterocycles. The van der Waals surface area contributed by atoms with Crippen molar-refractivity contribution < 1.29 is 18.7 Å². The molecular weight excluding hydrogens is 409 g/mol. The zero-order valence-corrected chi connectivity index (χ0v) is 16.1. The van der Waals surface area contributed by atoms with Gasteiger partial charge in [0.15, 0.2) is 5.43 Å². The van der Waals surface area contributed by atoms with E-state index in [0.29, 0.717) is 16.3 Å². The van der Waals surface area contributed by atoms with Crippen molar-refractivity contribution in [1.82, 2.24) is 0 Å². The lowest BCUT2D eigenvalue weighted by atomic mass is 9.98. The number of halogens is 2. The second-order valence-corrected chi connectivity index (χ2v) is 7.40. The van der Waals surface area contributed by atoms with E-state index >= 15 is 0 Å². The lowest BCUT2D eigenvalue weighted by Gasteiger charge is -2.25. The molecule has 0 saturated carbocycles. The van der Waals surface area contributed by atoms with Gasteiger partial charge in [-0.25, -0.2) is 4.39 Å². The molecule has 1 N–H and O–H groups in total. The molecule has 0 aliphatic carbocycles. The molecular formula is C23H13ClFNO4. The van der Waals surface area contributed by atoms with Crippen LogP contribution in [0.5, 0.6) is 5.75 Å². The van der Waals surface area contributed by atoms with Gasteiger partial charge in [0.1, 0.15) is 17.1 Å². The van der Waals surface area contributed by atoms with Gasteiger partial charge in [0.2, 0.25) is 5.76 Å². The number of amides is 1. The first-order valence-corrected chi connectivity index (χ1v) is 9.46. The average Bonchev–Trinajstić information content (AvgIpc) is 3.02. The van der Waals surface area contributed by atoms with Gasteiger partial charge in [-0.05, 0) is 54.1 Å². The fourth-order valence-corrected chi connectivity index (χ4v) is 3.99. The monoisotopic (exact) mass is 421 g/mol. The number of benzene rings is 3. The number of nitrogens with zero attached hydrogens (tertiary/aromatic N) is 1. The normalized spacial score (nSPS) is 15.6. The third kappa shape index (κ3) is 2.76. The van der Waals surface area contributed by atoms with Gasteiger partial charge in [-0.1, -0.05) is 29.8 Å². The Balaban J connectivity index is 1.83. The maximum Gasteiger partial charge on any atom is 0.295 e. The van der Waals surface area contributed by atoms with E-state index in [1.807, 2.05) is 0 Å². The average molecular weight is 422 g/mol. The fourth-order valence-electron chi connectivity index (χ4n) is 3.81. The molecule has 0 bridgehead atoms. The van der Waals surface area contributed by atoms with Crippen molar-refractivity contribution in [2.45, 2.75) is 6.04 Å². The molecule has 1 unspecified atom stereocenters. The van der Waals surface area contributed by atoms with E-state index in [2.05, 4.69) is 0 Å². The molecule has 1 aliphatic rings. The number of carbonyl (C=O) groups is 1. The van der Waals surface area contributed by atoms with Crippen LogP contribution in [0.25, 0.3) is 11.0 Å². The highest BCUT2D eigenvalue weighted by molar-refractivity contribution is 6.31. The van der Waals surface area contributed by atoms with Gasteiger partial charge < -0.3 is 9.52 Å². The minimum absolute atomic E-state index is 0.0465. The summed E-state index contributed by atoms with van der Waals surface area (Å²) in [6.07, 6.45) is 0. The molecule has 7 heteroatoms. The summed E-state index contributed by atoms with van der Waals surface area (Å²) in [6, 6.07) is 15.6. The molecule has 1 aromatic heterocycles. The van der Waals surface area contributed by atoms with Crippen LogP contribution < -0.4 is 10.3 Å². The fraction of sp³-hybridized carbons (Fsp3) is 0.0435. The topological polar surface area (TPSA) is 70.8 Å². The molecule has 5 nitrogen and oxygen atoms in total. The summed E-state index contributed by atoms with van der Waals surface area (Å²) in [5.41, 5.74) is 0.825. The third-order valence-corrected chi connectivity index (χ3v) is 5.36. The largest absolute Gasteiger partial charge is 0.508 e. The first-order chi connectivity index (χ1) is 14.4. The Morgan fingerprint density at radius 1 is 1.00 bits per heavy atom. The minimum Gasteiger partial charge on any atom is -0.508 e. The molecule has 30 heavy (non-hydrogen) atoms. The molecule has 5 rings (SSSR count). The Kier molecular flexibility index (Phi) is 4.11. The Labute approximate surface area is 174 Å². The number of fused-ring (bicyclic) bond motifs is 2. The highest BCUT2D eigenvalue weighted by atomic mass is 35.5. The summed E-state index contributed by atoms with van der Waals surface area (Å²) in [5, 5.41) is 10.1. The number of phenolic OH excluding ortho intramolecular Hbond substituents is 1. The van der Waals surface area contributed by atoms with Crippen LogP contribution in [-0.4, -0.2) is 11.0 Å². The summed E-state index contributed by atoms with van der Waals surface area (Å²) in [4.78, 5) is 28.1. The zero-order valence-electron chi connectivity index (χ0n) is 15.3. The Bertz CT molecular complexity index is 1380. The first-order valence-electron chi connectivity index (χ1n) is 9.08. The van der Waals surface area contributed by atoms with Crippen molar-refractivity contribution in [3.8, 4) is 5.75 Å². The summed E-state index contributed by atoms with van der Waals surface area (Å²) >= 11 is 6.13. The number of aromatic hydroxyl groups is 1. The van der Waals surface area contributed by atoms with Crippen LogP contribution in [0.1, 0.15) is 27.7 Å². The Hall–Kier alpha value is -3.64. The standard InChI is InChI=1S/C23H13ClFNO4/c24-13-2-1-3-15(10-13)26-20(12-4-7-16(27)8-5-12)19-21(28)17-11-14(25)6-9-18(17)30-22(19)23(26)29/h1-11,20,27H. The van der Waals surface area contributed by atoms with Crippen LogP contribution in [-0.2, 0) is 0 Å². The molecule has 1 amide bonds. The lowest BCUT2D eigenvalue weighted by Crippen LogP contribution is -2.29. The van der Waals surface area contributed by atoms with Crippen molar-refractivity contribution in [3.63, 3.8) is 0 Å². The molecule has 148 valence electrons. The van der Waals surface area contributed by atoms with Crippen molar-refractivity contribution in [1.29, 1.82) is 0 Å². The quantitative estimate of drug-likeness (QED) is 0.492. The molecule has 0 spiro atoms. The smallest absolute Gasteiger partial charge is 0.295 e. The van der Waals surface area contributed by atoms with Gasteiger partial charge in [-0.15, -0.1) is 0 Å². The maximum absolute atomic E-state index is 13.8. The van der Waals surface area contributed by atoms with Gasteiger partial charge in [-0.3, -0.25) is 14.5 Å². The van der Waals surface area contributed by atoms with Gasteiger partial charge in [0, 0.05) is 10.7 Å². The third-order valence-electron chi connectivity index (χ3n) is 5.13. The summed E-state index contributed by atoms with van der Waals surface area (Å²) in [5.74, 6) is -1.14. The van der Waals surface area contributed by atoms with Gasteiger partial charge >= 0.3 is 0 Å². The van der Waals surface area contributed by atoms with Gasteiger partial charge in [0.05, 0.1) is 17.0 Å². The van der Waals surface area contributed by atoms with E-state index in [1.54, 1.807) is 36.4 Å². The molecule has 4 aromatic rings. The Morgan fingerprint density at radius 3 is 2.50 bits per heavy atom. The predicted molar refractivity (Wildman–Crippen MR) is 111 cm³/mol. The lowest BCUT2D eigenvalue weighted by molar-refractivity contribution is 0.0971. The zero-order chi connectivity index (χ0) is 21.0. The maximum atomic E-state index is 13.8. The summed E-state index contributed by atoms with van der Waals surface area (Å²) < 4.78 is 19.6. The number of rotatable bonds is 2. The van der Waals surface area contributed by atoms with E-state index in [0.717, 1.165) is 6.07 Å². The van der Waals surface area contributed by atoms with E-state index < -0.39 is 23.2 Å². The second-order valence-electron chi connectivity index (χ2n) is 6.96. The van der Waals surface area contributed by atoms with Crippen molar-refractivity contribution in [3.05, 3.63) is 105 Å². The molecule has 2 heterocycles. The molecule has 0 radical (unpaired) electrons. The summed E-state index contributed by atoms with van der Waals surface area (Å²) in [6.45, 7) is 0. The van der Waals surface area contributed by atoms with E-state index in [9.17, 15) is 19.1 Å². The highest BCUT2D eigenvalue weighted by Gasteiger charge is 2.43. The molecule has 0 saturated heterocycles. The first kappa shape index (κ1) is 18.4.